The monoisotopic (exact) mass is 252 g/mol. The van der Waals surface area contributed by atoms with Crippen molar-refractivity contribution in [3.63, 3.8) is 0 Å². The van der Waals surface area contributed by atoms with Gasteiger partial charge in [0.2, 0.25) is 0 Å². The number of nitriles is 1. The lowest BCUT2D eigenvalue weighted by atomic mass is 9.93. The van der Waals surface area contributed by atoms with Gasteiger partial charge in [0.05, 0.1) is 6.07 Å². The third-order valence-electron chi connectivity index (χ3n) is 3.56. The molecule has 0 saturated carbocycles. The minimum atomic E-state index is -0.296. The van der Waals surface area contributed by atoms with Crippen molar-refractivity contribution in [2.45, 2.75) is 12.5 Å². The fourth-order valence-electron chi connectivity index (χ4n) is 2.62. The van der Waals surface area contributed by atoms with Crippen LogP contribution in [0.5, 0.6) is 0 Å². The Morgan fingerprint density at radius 2 is 1.84 bits per heavy atom. The Labute approximate surface area is 111 Å². The van der Waals surface area contributed by atoms with E-state index in [-0.39, 0.29) is 11.9 Å². The Kier molecular flexibility index (Phi) is 2.92. The van der Waals surface area contributed by atoms with Crippen LogP contribution in [0.2, 0.25) is 0 Å². The third-order valence-corrected chi connectivity index (χ3v) is 3.56. The fraction of sp³-hybridized carbons (Fsp3) is 0.188. The van der Waals surface area contributed by atoms with Crippen LogP contribution in [0.1, 0.15) is 17.2 Å². The highest BCUT2D eigenvalue weighted by Gasteiger charge is 2.26. The van der Waals surface area contributed by atoms with E-state index >= 15 is 0 Å². The van der Waals surface area contributed by atoms with Crippen molar-refractivity contribution >= 4 is 5.69 Å². The quantitative estimate of drug-likeness (QED) is 0.777. The lowest BCUT2D eigenvalue weighted by molar-refractivity contribution is 0.625. The van der Waals surface area contributed by atoms with Gasteiger partial charge in [0.1, 0.15) is 11.9 Å². The van der Waals surface area contributed by atoms with Gasteiger partial charge in [-0.25, -0.2) is 4.39 Å². The first-order chi connectivity index (χ1) is 9.29. The normalized spacial score (nSPS) is 17.7. The SMILES string of the molecule is N#CC1c2ccccc2CCN1c1ccc(F)cc1. The second kappa shape index (κ2) is 4.74. The zero-order valence-corrected chi connectivity index (χ0v) is 10.4. The van der Waals surface area contributed by atoms with Gasteiger partial charge in [0.25, 0.3) is 0 Å². The molecule has 1 heterocycles. The third kappa shape index (κ3) is 2.06. The number of halogens is 1. The summed E-state index contributed by atoms with van der Waals surface area (Å²) in [4.78, 5) is 2.03. The van der Waals surface area contributed by atoms with Gasteiger partial charge in [-0.15, -0.1) is 0 Å². The van der Waals surface area contributed by atoms with E-state index in [1.807, 2.05) is 23.1 Å². The number of benzene rings is 2. The van der Waals surface area contributed by atoms with E-state index in [2.05, 4.69) is 12.1 Å². The molecule has 0 aliphatic carbocycles. The second-order valence-corrected chi connectivity index (χ2v) is 4.65. The van der Waals surface area contributed by atoms with Crippen LogP contribution in [0, 0.1) is 17.1 Å². The Balaban J connectivity index is 2.01. The van der Waals surface area contributed by atoms with Crippen molar-refractivity contribution < 1.29 is 4.39 Å². The molecule has 1 unspecified atom stereocenters. The second-order valence-electron chi connectivity index (χ2n) is 4.65. The first kappa shape index (κ1) is 11.7. The van der Waals surface area contributed by atoms with Crippen molar-refractivity contribution in [3.8, 4) is 6.07 Å². The number of nitrogens with zero attached hydrogens (tertiary/aromatic N) is 2. The van der Waals surface area contributed by atoms with Crippen LogP contribution in [0.3, 0.4) is 0 Å². The molecule has 2 nitrogen and oxygen atoms in total. The zero-order chi connectivity index (χ0) is 13.2. The van der Waals surface area contributed by atoms with Crippen LogP contribution in [0.4, 0.5) is 10.1 Å². The molecular weight excluding hydrogens is 239 g/mol. The van der Waals surface area contributed by atoms with Gasteiger partial charge in [-0.1, -0.05) is 24.3 Å². The number of hydrogen-bond acceptors (Lipinski definition) is 2. The Hall–Kier alpha value is -2.34. The van der Waals surface area contributed by atoms with Crippen molar-refractivity contribution in [1.82, 2.24) is 0 Å². The molecule has 0 N–H and O–H groups in total. The fourth-order valence-corrected chi connectivity index (χ4v) is 2.62. The lowest BCUT2D eigenvalue weighted by Gasteiger charge is -2.35. The van der Waals surface area contributed by atoms with Crippen molar-refractivity contribution in [1.29, 1.82) is 5.26 Å². The summed E-state index contributed by atoms with van der Waals surface area (Å²) in [7, 11) is 0. The molecule has 0 amide bonds. The van der Waals surface area contributed by atoms with Crippen LogP contribution in [0.15, 0.2) is 48.5 Å². The van der Waals surface area contributed by atoms with Crippen LogP contribution in [0.25, 0.3) is 0 Å². The largest absolute Gasteiger partial charge is 0.352 e. The summed E-state index contributed by atoms with van der Waals surface area (Å²) in [5.74, 6) is -0.255. The van der Waals surface area contributed by atoms with E-state index in [0.29, 0.717) is 0 Å². The predicted octanol–water partition coefficient (Wildman–Crippen LogP) is 3.45. The smallest absolute Gasteiger partial charge is 0.142 e. The van der Waals surface area contributed by atoms with Crippen LogP contribution in [-0.4, -0.2) is 6.54 Å². The minimum Gasteiger partial charge on any atom is -0.352 e. The molecule has 0 fully saturated rings. The maximum absolute atomic E-state index is 13.0. The summed E-state index contributed by atoms with van der Waals surface area (Å²) < 4.78 is 13.0. The van der Waals surface area contributed by atoms with E-state index in [1.165, 1.54) is 17.7 Å². The molecule has 3 heteroatoms. The molecule has 2 aromatic carbocycles. The summed E-state index contributed by atoms with van der Waals surface area (Å²) in [6.45, 7) is 0.779. The van der Waals surface area contributed by atoms with Crippen LogP contribution >= 0.6 is 0 Å². The van der Waals surface area contributed by atoms with Crippen molar-refractivity contribution in [2.24, 2.45) is 0 Å². The Morgan fingerprint density at radius 1 is 1.11 bits per heavy atom. The molecule has 94 valence electrons. The summed E-state index contributed by atoms with van der Waals surface area (Å²) in [5.41, 5.74) is 3.18. The van der Waals surface area contributed by atoms with E-state index < -0.39 is 0 Å². The molecule has 1 aliphatic heterocycles. The molecule has 19 heavy (non-hydrogen) atoms. The average molecular weight is 252 g/mol. The topological polar surface area (TPSA) is 27.0 Å². The minimum absolute atomic E-state index is 0.255. The first-order valence-corrected chi connectivity index (χ1v) is 6.29. The first-order valence-electron chi connectivity index (χ1n) is 6.29. The highest BCUT2D eigenvalue weighted by Crippen LogP contribution is 2.33. The number of rotatable bonds is 1. The van der Waals surface area contributed by atoms with Crippen LogP contribution < -0.4 is 4.90 Å². The molecule has 1 aliphatic rings. The highest BCUT2D eigenvalue weighted by molar-refractivity contribution is 5.54. The number of fused-ring (bicyclic) bond motifs is 1. The molecule has 1 atom stereocenters. The zero-order valence-electron chi connectivity index (χ0n) is 10.4. The summed E-state index contributed by atoms with van der Waals surface area (Å²) in [6, 6.07) is 16.4. The average Bonchev–Trinajstić information content (AvgIpc) is 2.47. The predicted molar refractivity (Wildman–Crippen MR) is 72.2 cm³/mol. The molecule has 0 aromatic heterocycles. The number of hydrogen-bond donors (Lipinski definition) is 0. The molecule has 0 saturated heterocycles. The number of anilines is 1. The maximum Gasteiger partial charge on any atom is 0.142 e. The molecular formula is C16H13FN2. The Morgan fingerprint density at radius 3 is 2.58 bits per heavy atom. The van der Waals surface area contributed by atoms with Gasteiger partial charge in [-0.05, 0) is 41.8 Å². The standard InChI is InChI=1S/C16H13FN2/c17-13-5-7-14(8-6-13)19-10-9-12-3-1-2-4-15(12)16(19)11-18/h1-8,16H,9-10H2. The van der Waals surface area contributed by atoms with E-state index in [0.717, 1.165) is 24.2 Å². The van der Waals surface area contributed by atoms with E-state index in [9.17, 15) is 9.65 Å². The summed E-state index contributed by atoms with van der Waals surface area (Å²) >= 11 is 0. The van der Waals surface area contributed by atoms with Gasteiger partial charge >= 0.3 is 0 Å². The highest BCUT2D eigenvalue weighted by atomic mass is 19.1. The summed E-state index contributed by atoms with van der Waals surface area (Å²) in [6.07, 6.45) is 0.908. The molecule has 0 bridgehead atoms. The molecule has 0 radical (unpaired) electrons. The van der Waals surface area contributed by atoms with E-state index in [1.54, 1.807) is 12.1 Å². The van der Waals surface area contributed by atoms with Crippen molar-refractivity contribution in [3.05, 3.63) is 65.5 Å². The molecule has 3 rings (SSSR count). The van der Waals surface area contributed by atoms with E-state index in [4.69, 9.17) is 0 Å². The van der Waals surface area contributed by atoms with Crippen LogP contribution in [-0.2, 0) is 6.42 Å². The van der Waals surface area contributed by atoms with Gasteiger partial charge < -0.3 is 4.90 Å². The summed E-state index contributed by atoms with van der Waals surface area (Å²) in [5, 5.41) is 9.46. The lowest BCUT2D eigenvalue weighted by Crippen LogP contribution is -2.34. The van der Waals surface area contributed by atoms with Gasteiger partial charge in [0, 0.05) is 12.2 Å². The molecule has 2 aromatic rings. The van der Waals surface area contributed by atoms with Crippen molar-refractivity contribution in [2.75, 3.05) is 11.4 Å². The molecule has 0 spiro atoms. The Bertz CT molecular complexity index is 628. The maximum atomic E-state index is 13.0. The van der Waals surface area contributed by atoms with Gasteiger partial charge in [0.15, 0.2) is 0 Å². The van der Waals surface area contributed by atoms with Gasteiger partial charge in [-0.2, -0.15) is 5.26 Å². The van der Waals surface area contributed by atoms with Gasteiger partial charge in [-0.3, -0.25) is 0 Å².